The number of hydrogen-bond donors (Lipinski definition) is 2. The number of hydrogen-bond acceptors (Lipinski definition) is 3. The number of nitrogens with one attached hydrogen (secondary N) is 1. The first-order chi connectivity index (χ1) is 13.0. The smallest absolute Gasteiger partial charge is 0.255 e. The number of unbranched alkanes of at least 4 members (excludes halogenated alkanes) is 1. The number of fused-ring (bicyclic) bond motifs is 1. The van der Waals surface area contributed by atoms with Gasteiger partial charge in [0.15, 0.2) is 0 Å². The highest BCUT2D eigenvalue weighted by molar-refractivity contribution is 6.32. The van der Waals surface area contributed by atoms with Gasteiger partial charge in [-0.1, -0.05) is 38.3 Å². The second-order valence-corrected chi connectivity index (χ2v) is 8.38. The summed E-state index contributed by atoms with van der Waals surface area (Å²) in [6.07, 6.45) is 10.7. The molecule has 1 atom stereocenters. The second kappa shape index (κ2) is 8.66. The Kier molecular flexibility index (Phi) is 6.48. The highest BCUT2D eigenvalue weighted by atomic mass is 35.5. The summed E-state index contributed by atoms with van der Waals surface area (Å²) in [7, 11) is 0. The van der Waals surface area contributed by atoms with Gasteiger partial charge >= 0.3 is 0 Å². The van der Waals surface area contributed by atoms with E-state index in [2.05, 4.69) is 18.8 Å². The molecule has 0 spiro atoms. The van der Waals surface area contributed by atoms with E-state index in [0.29, 0.717) is 16.2 Å². The minimum Gasteiger partial charge on any atom is -0.489 e. The molecule has 0 bridgehead atoms. The molecule has 1 saturated carbocycles. The van der Waals surface area contributed by atoms with Gasteiger partial charge in [0.05, 0.1) is 11.1 Å². The molecule has 1 heterocycles. The Morgan fingerprint density at radius 3 is 2.74 bits per heavy atom. The molecule has 148 valence electrons. The van der Waals surface area contributed by atoms with Crippen molar-refractivity contribution in [3.63, 3.8) is 0 Å². The lowest BCUT2D eigenvalue weighted by atomic mass is 9.65. The van der Waals surface area contributed by atoms with Crippen molar-refractivity contribution in [2.24, 2.45) is 11.1 Å². The van der Waals surface area contributed by atoms with Gasteiger partial charge in [-0.25, -0.2) is 0 Å². The number of H-pyrrole nitrogens is 1. The third-order valence-electron chi connectivity index (χ3n) is 6.30. The molecular formula is C22H31ClN2O2. The molecular weight excluding hydrogens is 360 g/mol. The summed E-state index contributed by atoms with van der Waals surface area (Å²) >= 11 is 6.39. The number of ether oxygens (including phenoxy) is 1. The fourth-order valence-electron chi connectivity index (χ4n) is 4.51. The molecule has 3 rings (SSSR count). The zero-order chi connectivity index (χ0) is 19.4. The minimum atomic E-state index is -0.132. The van der Waals surface area contributed by atoms with Crippen LogP contribution in [-0.2, 0) is 0 Å². The van der Waals surface area contributed by atoms with Crippen molar-refractivity contribution in [1.29, 1.82) is 0 Å². The molecule has 0 amide bonds. The number of rotatable bonds is 7. The monoisotopic (exact) mass is 390 g/mol. The van der Waals surface area contributed by atoms with E-state index in [0.717, 1.165) is 37.5 Å². The summed E-state index contributed by atoms with van der Waals surface area (Å²) in [6.45, 7) is 4.43. The van der Waals surface area contributed by atoms with Crippen molar-refractivity contribution in [3.8, 4) is 5.75 Å². The first kappa shape index (κ1) is 20.2. The first-order valence-corrected chi connectivity index (χ1v) is 10.6. The molecule has 1 fully saturated rings. The van der Waals surface area contributed by atoms with Gasteiger partial charge < -0.3 is 15.5 Å². The Morgan fingerprint density at radius 1 is 1.33 bits per heavy atom. The maximum atomic E-state index is 11.9. The molecule has 1 aromatic carbocycles. The summed E-state index contributed by atoms with van der Waals surface area (Å²) in [4.78, 5) is 14.6. The van der Waals surface area contributed by atoms with Crippen LogP contribution in [0.5, 0.6) is 5.75 Å². The van der Waals surface area contributed by atoms with Gasteiger partial charge in [-0.05, 0) is 67.5 Å². The van der Waals surface area contributed by atoms with Gasteiger partial charge in [-0.15, -0.1) is 0 Å². The maximum Gasteiger partial charge on any atom is 0.255 e. The molecule has 27 heavy (non-hydrogen) atoms. The average Bonchev–Trinajstić information content (AvgIpc) is 2.68. The number of pyridine rings is 1. The fraction of sp³-hybridized carbons (Fsp3) is 0.591. The zero-order valence-corrected chi connectivity index (χ0v) is 17.1. The molecule has 0 aliphatic heterocycles. The van der Waals surface area contributed by atoms with Crippen LogP contribution < -0.4 is 16.0 Å². The Hall–Kier alpha value is -1.52. The molecule has 1 unspecified atom stereocenters. The van der Waals surface area contributed by atoms with Crippen molar-refractivity contribution in [2.45, 2.75) is 77.4 Å². The van der Waals surface area contributed by atoms with Crippen LogP contribution in [-0.4, -0.2) is 17.1 Å². The summed E-state index contributed by atoms with van der Waals surface area (Å²) in [5.41, 5.74) is 6.65. The summed E-state index contributed by atoms with van der Waals surface area (Å²) in [5, 5.41) is 1.93. The number of benzene rings is 1. The Labute approximate surface area is 166 Å². The molecule has 2 aromatic rings. The lowest BCUT2D eigenvalue weighted by Gasteiger charge is -2.44. The standard InChI is InChI=1S/C22H31ClN2O2/c1-3-5-9-22(20(24)4-2)10-6-16(7-11-22)27-19-13-15-8-12-25-21(26)17(15)14-18(19)23/h8,12-14,16,20H,3-7,9-11,24H2,1-2H3,(H,25,26)/t16-,20?,22+. The van der Waals surface area contributed by atoms with Gasteiger partial charge in [0.2, 0.25) is 0 Å². The van der Waals surface area contributed by atoms with Crippen LogP contribution in [0.1, 0.15) is 65.2 Å². The van der Waals surface area contributed by atoms with Crippen molar-refractivity contribution in [3.05, 3.63) is 39.8 Å². The average molecular weight is 391 g/mol. The molecule has 1 aromatic heterocycles. The highest BCUT2D eigenvalue weighted by Gasteiger charge is 2.39. The van der Waals surface area contributed by atoms with Crippen LogP contribution in [0, 0.1) is 5.41 Å². The number of nitrogens with two attached hydrogens (primary N) is 1. The SMILES string of the molecule is CCCC[C@]1(C(N)CC)CC[C@@H](Oc2cc3cc[nH]c(=O)c3cc2Cl)CC1. The maximum absolute atomic E-state index is 11.9. The third-order valence-corrected chi connectivity index (χ3v) is 6.60. The molecule has 1 aliphatic carbocycles. The fourth-order valence-corrected chi connectivity index (χ4v) is 4.72. The Bertz CT molecular complexity index is 825. The molecule has 1 aliphatic rings. The van der Waals surface area contributed by atoms with E-state index >= 15 is 0 Å². The first-order valence-electron chi connectivity index (χ1n) is 10.2. The van der Waals surface area contributed by atoms with Crippen molar-refractivity contribution < 1.29 is 4.74 Å². The zero-order valence-electron chi connectivity index (χ0n) is 16.4. The Morgan fingerprint density at radius 2 is 2.07 bits per heavy atom. The summed E-state index contributed by atoms with van der Waals surface area (Å²) in [5.74, 6) is 0.667. The van der Waals surface area contributed by atoms with Crippen LogP contribution in [0.25, 0.3) is 10.8 Å². The summed E-state index contributed by atoms with van der Waals surface area (Å²) < 4.78 is 6.26. The van der Waals surface area contributed by atoms with E-state index in [9.17, 15) is 4.79 Å². The normalized spacial score (nSPS) is 24.1. The number of halogens is 1. The number of aromatic amines is 1. The van der Waals surface area contributed by atoms with Gasteiger partial charge in [0, 0.05) is 17.6 Å². The molecule has 3 N–H and O–H groups in total. The summed E-state index contributed by atoms with van der Waals surface area (Å²) in [6, 6.07) is 5.72. The highest BCUT2D eigenvalue weighted by Crippen LogP contribution is 2.45. The van der Waals surface area contributed by atoms with Gasteiger partial charge in [-0.3, -0.25) is 4.79 Å². The van der Waals surface area contributed by atoms with Crippen LogP contribution in [0.15, 0.2) is 29.2 Å². The van der Waals surface area contributed by atoms with E-state index in [1.807, 2.05) is 12.1 Å². The van der Waals surface area contributed by atoms with E-state index in [1.54, 1.807) is 12.3 Å². The lowest BCUT2D eigenvalue weighted by molar-refractivity contribution is 0.0518. The quantitative estimate of drug-likeness (QED) is 0.663. The predicted octanol–water partition coefficient (Wildman–Crippen LogP) is 5.42. The van der Waals surface area contributed by atoms with Crippen LogP contribution in [0.2, 0.25) is 5.02 Å². The molecule has 5 heteroatoms. The predicted molar refractivity (Wildman–Crippen MR) is 113 cm³/mol. The van der Waals surface area contributed by atoms with Crippen molar-refractivity contribution >= 4 is 22.4 Å². The van der Waals surface area contributed by atoms with Crippen LogP contribution in [0.4, 0.5) is 0 Å². The van der Waals surface area contributed by atoms with Gasteiger partial charge in [0.25, 0.3) is 5.56 Å². The topological polar surface area (TPSA) is 68.1 Å². The van der Waals surface area contributed by atoms with Crippen LogP contribution >= 0.6 is 11.6 Å². The van der Waals surface area contributed by atoms with Crippen molar-refractivity contribution in [2.75, 3.05) is 0 Å². The molecule has 0 saturated heterocycles. The number of aromatic nitrogens is 1. The minimum absolute atomic E-state index is 0.132. The largest absolute Gasteiger partial charge is 0.489 e. The lowest BCUT2D eigenvalue weighted by Crippen LogP contribution is -2.45. The van der Waals surface area contributed by atoms with E-state index < -0.39 is 0 Å². The van der Waals surface area contributed by atoms with Crippen LogP contribution in [0.3, 0.4) is 0 Å². The third kappa shape index (κ3) is 4.33. The van der Waals surface area contributed by atoms with Gasteiger partial charge in [0.1, 0.15) is 5.75 Å². The van der Waals surface area contributed by atoms with E-state index in [-0.39, 0.29) is 23.1 Å². The second-order valence-electron chi connectivity index (χ2n) is 7.97. The molecule has 0 radical (unpaired) electrons. The van der Waals surface area contributed by atoms with Crippen molar-refractivity contribution in [1.82, 2.24) is 4.98 Å². The van der Waals surface area contributed by atoms with Gasteiger partial charge in [-0.2, -0.15) is 0 Å². The van der Waals surface area contributed by atoms with E-state index in [4.69, 9.17) is 22.1 Å². The Balaban J connectivity index is 1.72. The molecule has 4 nitrogen and oxygen atoms in total. The van der Waals surface area contributed by atoms with E-state index in [1.165, 1.54) is 19.3 Å².